The second kappa shape index (κ2) is 6.90. The zero-order valence-electron chi connectivity index (χ0n) is 13.4. The molecule has 0 aromatic heterocycles. The van der Waals surface area contributed by atoms with Crippen molar-refractivity contribution in [2.24, 2.45) is 0 Å². The molecule has 4 heteroatoms. The van der Waals surface area contributed by atoms with Crippen LogP contribution in [0.4, 0.5) is 0 Å². The summed E-state index contributed by atoms with van der Waals surface area (Å²) in [6, 6.07) is 1.00. The minimum atomic E-state index is 0.0197. The van der Waals surface area contributed by atoms with Gasteiger partial charge in [-0.3, -0.25) is 4.79 Å². The Morgan fingerprint density at radius 1 is 1.30 bits per heavy atom. The van der Waals surface area contributed by atoms with Crippen LogP contribution in [-0.2, 0) is 4.79 Å². The minimum Gasteiger partial charge on any atom is -0.333 e. The third-order valence-corrected chi connectivity index (χ3v) is 4.90. The third-order valence-electron chi connectivity index (χ3n) is 4.90. The molecule has 1 unspecified atom stereocenters. The molecule has 0 radical (unpaired) electrons. The molecule has 2 aliphatic rings. The molecule has 2 heterocycles. The lowest BCUT2D eigenvalue weighted by Gasteiger charge is -2.48. The summed E-state index contributed by atoms with van der Waals surface area (Å²) in [5.41, 5.74) is 0.0197. The highest BCUT2D eigenvalue weighted by Crippen LogP contribution is 2.32. The van der Waals surface area contributed by atoms with Crippen molar-refractivity contribution in [2.75, 3.05) is 19.6 Å². The SMILES string of the molecule is CCC(=O)N1C(CNC2CCNCC2)CCCC1(C)C. The highest BCUT2D eigenvalue weighted by molar-refractivity contribution is 5.77. The maximum absolute atomic E-state index is 12.3. The standard InChI is InChI=1S/C16H31N3O/c1-4-15(20)19-14(6-5-9-16(19,2)3)12-18-13-7-10-17-11-8-13/h13-14,17-18H,4-12H2,1-3H3. The van der Waals surface area contributed by atoms with Gasteiger partial charge < -0.3 is 15.5 Å². The largest absolute Gasteiger partial charge is 0.333 e. The molecule has 0 saturated carbocycles. The number of rotatable bonds is 4. The molecule has 0 aromatic carbocycles. The summed E-state index contributed by atoms with van der Waals surface area (Å²) in [6.07, 6.45) is 6.54. The van der Waals surface area contributed by atoms with Gasteiger partial charge in [0, 0.05) is 30.6 Å². The van der Waals surface area contributed by atoms with Crippen molar-refractivity contribution in [2.45, 2.75) is 76.9 Å². The molecule has 4 nitrogen and oxygen atoms in total. The minimum absolute atomic E-state index is 0.0197. The van der Waals surface area contributed by atoms with Gasteiger partial charge in [-0.2, -0.15) is 0 Å². The number of likely N-dealkylation sites (tertiary alicyclic amines) is 1. The Kier molecular flexibility index (Phi) is 5.44. The molecule has 0 aliphatic carbocycles. The van der Waals surface area contributed by atoms with Gasteiger partial charge in [0.2, 0.25) is 5.91 Å². The Hall–Kier alpha value is -0.610. The first-order valence-corrected chi connectivity index (χ1v) is 8.31. The van der Waals surface area contributed by atoms with Gasteiger partial charge >= 0.3 is 0 Å². The summed E-state index contributed by atoms with van der Waals surface area (Å²) in [6.45, 7) is 9.61. The van der Waals surface area contributed by atoms with E-state index in [1.54, 1.807) is 0 Å². The summed E-state index contributed by atoms with van der Waals surface area (Å²) in [4.78, 5) is 14.5. The second-order valence-corrected chi connectivity index (χ2v) is 6.91. The molecule has 20 heavy (non-hydrogen) atoms. The van der Waals surface area contributed by atoms with E-state index < -0.39 is 0 Å². The van der Waals surface area contributed by atoms with E-state index in [2.05, 4.69) is 29.4 Å². The first kappa shape index (κ1) is 15.8. The van der Waals surface area contributed by atoms with E-state index in [0.29, 0.717) is 24.4 Å². The van der Waals surface area contributed by atoms with Crippen LogP contribution in [0.5, 0.6) is 0 Å². The van der Waals surface area contributed by atoms with E-state index in [1.807, 2.05) is 6.92 Å². The molecule has 0 spiro atoms. The lowest BCUT2D eigenvalue weighted by atomic mass is 9.85. The van der Waals surface area contributed by atoms with Crippen LogP contribution in [0.3, 0.4) is 0 Å². The Morgan fingerprint density at radius 3 is 2.65 bits per heavy atom. The van der Waals surface area contributed by atoms with Crippen molar-refractivity contribution >= 4 is 5.91 Å². The number of hydrogen-bond donors (Lipinski definition) is 2. The van der Waals surface area contributed by atoms with Gasteiger partial charge in [-0.25, -0.2) is 0 Å². The zero-order valence-corrected chi connectivity index (χ0v) is 13.4. The quantitative estimate of drug-likeness (QED) is 0.827. The fourth-order valence-corrected chi connectivity index (χ4v) is 3.75. The first-order valence-electron chi connectivity index (χ1n) is 8.31. The van der Waals surface area contributed by atoms with Crippen LogP contribution in [0, 0.1) is 0 Å². The van der Waals surface area contributed by atoms with Crippen LogP contribution in [0.1, 0.15) is 59.3 Å². The van der Waals surface area contributed by atoms with Gasteiger partial charge in [0.1, 0.15) is 0 Å². The molecule has 2 fully saturated rings. The van der Waals surface area contributed by atoms with E-state index in [9.17, 15) is 4.79 Å². The third kappa shape index (κ3) is 3.73. The summed E-state index contributed by atoms with van der Waals surface area (Å²) in [7, 11) is 0. The van der Waals surface area contributed by atoms with Gasteiger partial charge in [0.05, 0.1) is 0 Å². The molecule has 1 atom stereocenters. The highest BCUT2D eigenvalue weighted by atomic mass is 16.2. The summed E-state index contributed by atoms with van der Waals surface area (Å²) >= 11 is 0. The van der Waals surface area contributed by atoms with Gasteiger partial charge in [0.15, 0.2) is 0 Å². The summed E-state index contributed by atoms with van der Waals surface area (Å²) in [5.74, 6) is 0.312. The lowest BCUT2D eigenvalue weighted by molar-refractivity contribution is -0.142. The Morgan fingerprint density at radius 2 is 2.00 bits per heavy atom. The van der Waals surface area contributed by atoms with Gasteiger partial charge in [-0.15, -0.1) is 0 Å². The van der Waals surface area contributed by atoms with Crippen molar-refractivity contribution in [3.8, 4) is 0 Å². The molecule has 2 rings (SSSR count). The van der Waals surface area contributed by atoms with Crippen molar-refractivity contribution in [3.63, 3.8) is 0 Å². The molecular weight excluding hydrogens is 250 g/mol. The molecule has 2 N–H and O–H groups in total. The van der Waals surface area contributed by atoms with Crippen molar-refractivity contribution in [3.05, 3.63) is 0 Å². The van der Waals surface area contributed by atoms with Gasteiger partial charge in [0.25, 0.3) is 0 Å². The Balaban J connectivity index is 1.94. The number of nitrogens with zero attached hydrogens (tertiary/aromatic N) is 1. The topological polar surface area (TPSA) is 44.4 Å². The number of amides is 1. The smallest absolute Gasteiger partial charge is 0.223 e. The molecular formula is C16H31N3O. The fraction of sp³-hybridized carbons (Fsp3) is 0.938. The van der Waals surface area contributed by atoms with E-state index >= 15 is 0 Å². The fourth-order valence-electron chi connectivity index (χ4n) is 3.75. The van der Waals surface area contributed by atoms with Crippen LogP contribution in [0.15, 0.2) is 0 Å². The van der Waals surface area contributed by atoms with Crippen molar-refractivity contribution in [1.29, 1.82) is 0 Å². The van der Waals surface area contributed by atoms with Crippen LogP contribution in [0.2, 0.25) is 0 Å². The monoisotopic (exact) mass is 281 g/mol. The molecule has 1 amide bonds. The zero-order chi connectivity index (χ0) is 14.6. The number of nitrogens with one attached hydrogen (secondary N) is 2. The lowest BCUT2D eigenvalue weighted by Crippen LogP contribution is -2.59. The number of carbonyl (C=O) groups excluding carboxylic acids is 1. The van der Waals surface area contributed by atoms with Gasteiger partial charge in [-0.1, -0.05) is 6.92 Å². The average Bonchev–Trinajstić information content (AvgIpc) is 2.44. The van der Waals surface area contributed by atoms with Crippen molar-refractivity contribution in [1.82, 2.24) is 15.5 Å². The first-order chi connectivity index (χ1) is 9.54. The number of hydrogen-bond acceptors (Lipinski definition) is 3. The second-order valence-electron chi connectivity index (χ2n) is 6.91. The predicted molar refractivity (Wildman–Crippen MR) is 82.7 cm³/mol. The van der Waals surface area contributed by atoms with E-state index in [-0.39, 0.29) is 5.54 Å². The number of carbonyl (C=O) groups is 1. The van der Waals surface area contributed by atoms with E-state index in [0.717, 1.165) is 32.5 Å². The summed E-state index contributed by atoms with van der Waals surface area (Å²) in [5, 5.41) is 7.10. The van der Waals surface area contributed by atoms with E-state index in [1.165, 1.54) is 19.3 Å². The summed E-state index contributed by atoms with van der Waals surface area (Å²) < 4.78 is 0. The molecule has 116 valence electrons. The highest BCUT2D eigenvalue weighted by Gasteiger charge is 2.38. The Labute approximate surface area is 123 Å². The van der Waals surface area contributed by atoms with Crippen LogP contribution in [-0.4, -0.2) is 48.1 Å². The Bertz CT molecular complexity index is 324. The van der Waals surface area contributed by atoms with E-state index in [4.69, 9.17) is 0 Å². The maximum atomic E-state index is 12.3. The van der Waals surface area contributed by atoms with Crippen LogP contribution >= 0.6 is 0 Å². The van der Waals surface area contributed by atoms with Crippen molar-refractivity contribution < 1.29 is 4.79 Å². The maximum Gasteiger partial charge on any atom is 0.223 e. The number of piperidine rings is 2. The normalized spacial score (nSPS) is 27.6. The predicted octanol–water partition coefficient (Wildman–Crippen LogP) is 1.90. The average molecular weight is 281 g/mol. The molecule has 0 aromatic rings. The molecule has 2 aliphatic heterocycles. The van der Waals surface area contributed by atoms with Crippen LogP contribution in [0.25, 0.3) is 0 Å². The van der Waals surface area contributed by atoms with Crippen LogP contribution < -0.4 is 10.6 Å². The van der Waals surface area contributed by atoms with Gasteiger partial charge in [-0.05, 0) is 59.0 Å². The molecule has 2 saturated heterocycles. The molecule has 0 bridgehead atoms.